The van der Waals surface area contributed by atoms with Crippen LogP contribution in [0.5, 0.6) is 5.75 Å². The van der Waals surface area contributed by atoms with Gasteiger partial charge in [0, 0.05) is 77.1 Å². The van der Waals surface area contributed by atoms with Crippen LogP contribution in [-0.2, 0) is 131 Å². The van der Waals surface area contributed by atoms with Crippen LogP contribution in [-0.4, -0.2) is 322 Å². The van der Waals surface area contributed by atoms with Crippen molar-refractivity contribution in [2.75, 3.05) is 244 Å². The monoisotopic (exact) mass is 1680 g/mol. The molecule has 0 bridgehead atoms. The van der Waals surface area contributed by atoms with Gasteiger partial charge in [0.1, 0.15) is 35.5 Å². The zero-order chi connectivity index (χ0) is 85.4. The van der Waals surface area contributed by atoms with Crippen LogP contribution in [0, 0.1) is 0 Å². The molecule has 2 aromatic heterocycles. The predicted molar refractivity (Wildman–Crippen MR) is 440 cm³/mol. The first-order valence-corrected chi connectivity index (χ1v) is 41.7. The third-order valence-corrected chi connectivity index (χ3v) is 18.0. The van der Waals surface area contributed by atoms with Crippen molar-refractivity contribution >= 4 is 47.5 Å². The summed E-state index contributed by atoms with van der Waals surface area (Å²) < 4.78 is 95.7. The normalized spacial score (nSPS) is 12.6. The first kappa shape index (κ1) is 102. The molecule has 0 fully saturated rings. The molecule has 2 aromatic carbocycles. The van der Waals surface area contributed by atoms with Gasteiger partial charge in [-0.2, -0.15) is 0 Å². The summed E-state index contributed by atoms with van der Waals surface area (Å²) in [6, 6.07) is 19.5. The third kappa shape index (κ3) is 50.1. The number of nitrogens with zero attached hydrogens (tertiary/aromatic N) is 6. The number of methoxy groups -OCH3 is 2. The van der Waals surface area contributed by atoms with Crippen molar-refractivity contribution in [3.05, 3.63) is 89.4 Å². The van der Waals surface area contributed by atoms with E-state index in [2.05, 4.69) is 73.9 Å². The van der Waals surface area contributed by atoms with Crippen molar-refractivity contribution in [3.8, 4) is 16.9 Å². The van der Waals surface area contributed by atoms with Gasteiger partial charge in [0.05, 0.1) is 205 Å². The van der Waals surface area contributed by atoms with Gasteiger partial charge in [-0.25, -0.2) is 14.5 Å². The number of carboxylic acid groups (broad SMARTS) is 1. The number of aliphatic carboxylic acids is 1. The number of hydrogen-bond donors (Lipinski definition) is 5. The molecule has 0 aliphatic carbocycles. The Hall–Kier alpha value is -7.98. The Bertz CT molecular complexity index is 3390. The van der Waals surface area contributed by atoms with Crippen molar-refractivity contribution in [3.63, 3.8) is 0 Å². The molecule has 0 radical (unpaired) electrons. The molecule has 5 rings (SSSR count). The van der Waals surface area contributed by atoms with E-state index < -0.39 is 29.4 Å². The number of pyridine rings is 1. The van der Waals surface area contributed by atoms with E-state index in [-0.39, 0.29) is 121 Å². The number of benzene rings is 2. The summed E-state index contributed by atoms with van der Waals surface area (Å²) in [6.45, 7) is 19.4. The third-order valence-electron chi connectivity index (χ3n) is 18.0. The molecule has 3 heterocycles. The van der Waals surface area contributed by atoms with Crippen molar-refractivity contribution in [1.29, 1.82) is 0 Å². The molecule has 5 amide bonds. The SMILES string of the molecule is COCCOCCOCCOCCOCCC(=O)NCCNC(=O)CCC(NC(=O)CCOCCOCCOCCOCCOCc1cn(CCOCCOCCOCCOCCOc2ccc(-c3cccc([C@H](CC(=O)OC)CN(C)CCCCc4ccc5c(n4)N(C(=O)OC(C)(C)C)CCC5)c3)cc2)nn1)C(=O)NCCCCCC(=O)O. The van der Waals surface area contributed by atoms with Crippen molar-refractivity contribution in [1.82, 2.24) is 46.1 Å². The zero-order valence-corrected chi connectivity index (χ0v) is 71.1. The molecular formula is C84H134N10O25. The zero-order valence-electron chi connectivity index (χ0n) is 71.1. The molecular weight excluding hydrogens is 1550 g/mol. The second kappa shape index (κ2) is 64.8. The number of anilines is 1. The van der Waals surface area contributed by atoms with Crippen molar-refractivity contribution in [2.24, 2.45) is 0 Å². The minimum Gasteiger partial charge on any atom is -0.491 e. The number of carbonyl (C=O) groups excluding carboxylic acids is 6. The molecule has 670 valence electrons. The largest absolute Gasteiger partial charge is 0.491 e. The molecule has 1 unspecified atom stereocenters. The minimum absolute atomic E-state index is 0.0173. The van der Waals surface area contributed by atoms with Gasteiger partial charge in [-0.3, -0.25) is 33.7 Å². The first-order valence-electron chi connectivity index (χ1n) is 41.7. The molecule has 35 heteroatoms. The molecule has 4 aromatic rings. The molecule has 2 atom stereocenters. The lowest BCUT2D eigenvalue weighted by atomic mass is 9.92. The number of likely N-dealkylation sites (N-methyl/N-ethyl adjacent to an activating group) is 1. The topological polar surface area (TPSA) is 395 Å². The van der Waals surface area contributed by atoms with Gasteiger partial charge in [-0.05, 0) is 126 Å². The van der Waals surface area contributed by atoms with Gasteiger partial charge in [0.2, 0.25) is 23.6 Å². The maximum atomic E-state index is 13.1. The van der Waals surface area contributed by atoms with Crippen molar-refractivity contribution < 1.29 is 119 Å². The van der Waals surface area contributed by atoms with Gasteiger partial charge in [-0.15, -0.1) is 5.10 Å². The summed E-state index contributed by atoms with van der Waals surface area (Å²) in [5.41, 5.74) is 5.26. The molecule has 5 N–H and O–H groups in total. The van der Waals surface area contributed by atoms with Crippen LogP contribution in [0.4, 0.5) is 10.6 Å². The van der Waals surface area contributed by atoms with E-state index in [0.717, 1.165) is 72.3 Å². The van der Waals surface area contributed by atoms with Gasteiger partial charge in [-0.1, -0.05) is 54.1 Å². The Morgan fingerprint density at radius 3 is 1.68 bits per heavy atom. The highest BCUT2D eigenvalue weighted by Crippen LogP contribution is 2.30. The summed E-state index contributed by atoms with van der Waals surface area (Å²) in [4.78, 5) is 96.3. The number of rotatable bonds is 73. The Labute approximate surface area is 701 Å². The number of carbonyl (C=O) groups is 7. The van der Waals surface area contributed by atoms with Crippen LogP contribution in [0.25, 0.3) is 11.1 Å². The fourth-order valence-electron chi connectivity index (χ4n) is 11.8. The average Bonchev–Trinajstić information content (AvgIpc) is 1.23. The molecule has 119 heavy (non-hydrogen) atoms. The lowest BCUT2D eigenvalue weighted by molar-refractivity contribution is -0.141. The summed E-state index contributed by atoms with van der Waals surface area (Å²) in [5.74, 6) is -1.29. The van der Waals surface area contributed by atoms with E-state index in [1.165, 1.54) is 7.11 Å². The Morgan fingerprint density at radius 1 is 0.546 bits per heavy atom. The predicted octanol–water partition coefficient (Wildman–Crippen LogP) is 6.11. The maximum absolute atomic E-state index is 13.1. The highest BCUT2D eigenvalue weighted by molar-refractivity contribution is 5.89. The maximum Gasteiger partial charge on any atom is 0.416 e. The Kier molecular flexibility index (Phi) is 55.3. The van der Waals surface area contributed by atoms with E-state index in [1.54, 1.807) is 16.7 Å². The van der Waals surface area contributed by atoms with E-state index in [1.807, 2.05) is 57.3 Å². The molecule has 1 aliphatic heterocycles. The smallest absolute Gasteiger partial charge is 0.416 e. The number of amides is 5. The minimum atomic E-state index is -1.00. The first-order chi connectivity index (χ1) is 57.9. The second-order valence-electron chi connectivity index (χ2n) is 28.9. The number of nitrogens with one attached hydrogen (secondary N) is 4. The van der Waals surface area contributed by atoms with Crippen LogP contribution < -0.4 is 30.9 Å². The van der Waals surface area contributed by atoms with Gasteiger partial charge >= 0.3 is 18.0 Å². The van der Waals surface area contributed by atoms with E-state index in [9.17, 15) is 33.6 Å². The highest BCUT2D eigenvalue weighted by atomic mass is 16.6. The average molecular weight is 1680 g/mol. The second-order valence-corrected chi connectivity index (χ2v) is 28.9. The number of ether oxygens (including phenoxy) is 17. The number of unbranched alkanes of at least 4 members (excludes halogenated alkanes) is 3. The highest BCUT2D eigenvalue weighted by Gasteiger charge is 2.29. The van der Waals surface area contributed by atoms with Crippen molar-refractivity contribution in [2.45, 2.75) is 141 Å². The van der Waals surface area contributed by atoms with Gasteiger partial charge in [0.15, 0.2) is 0 Å². The summed E-state index contributed by atoms with van der Waals surface area (Å²) in [7, 11) is 5.13. The quantitative estimate of drug-likeness (QED) is 0.0246. The number of carboxylic acids is 1. The molecule has 0 saturated heterocycles. The Balaban J connectivity index is 0.786. The summed E-state index contributed by atoms with van der Waals surface area (Å²) >= 11 is 0. The van der Waals surface area contributed by atoms with Gasteiger partial charge in [0.25, 0.3) is 0 Å². The van der Waals surface area contributed by atoms with Crippen LogP contribution in [0.1, 0.15) is 126 Å². The van der Waals surface area contributed by atoms with E-state index >= 15 is 0 Å². The van der Waals surface area contributed by atoms with E-state index in [0.29, 0.717) is 202 Å². The number of esters is 1. The molecule has 35 nitrogen and oxygen atoms in total. The standard InChI is InChI=1S/C84H134N10O25/c1-84(2,3)119-83(102)94-33-13-16-68-19-22-72(88-81(68)94)17-9-11-32-92(4)64-71(63-80(100)104-6)70-15-12-14-69(62-70)67-20-23-74(24-21-67)118-61-60-116-57-56-114-53-50-111-45-42-107-37-34-93-65-73(90-91-93)66-117-59-58-115-55-54-113-52-49-110-44-41-106-36-28-78(97)89-75(82(101)87-29-10-7-8-18-79(98)99)25-26-76(95)85-30-31-86-77(96)27-35-105-40-43-109-48-51-112-47-46-108-39-38-103-5/h12,14-15,19-24,62,65,71,75H,7-11,13,16-18,25-61,63-64,66H2,1-6H3,(H,85,95)(H,86,96)(H,87,101)(H,89,97)(H,98,99)/t71-,75?/m1/s1. The number of fused-ring (bicyclic) bond motifs is 1. The van der Waals surface area contributed by atoms with Gasteiger partial charge < -0.3 is 112 Å². The fourth-order valence-corrected chi connectivity index (χ4v) is 11.8. The van der Waals surface area contributed by atoms with Crippen LogP contribution >= 0.6 is 0 Å². The summed E-state index contributed by atoms with van der Waals surface area (Å²) in [6.07, 6.45) is 7.83. The Morgan fingerprint density at radius 2 is 1.10 bits per heavy atom. The molecule has 1 aliphatic rings. The van der Waals surface area contributed by atoms with Crippen LogP contribution in [0.15, 0.2) is 66.9 Å². The lowest BCUT2D eigenvalue weighted by Crippen LogP contribution is -2.47. The van der Waals surface area contributed by atoms with E-state index in [4.69, 9.17) is 90.6 Å². The van der Waals surface area contributed by atoms with Crippen LogP contribution in [0.3, 0.4) is 0 Å². The summed E-state index contributed by atoms with van der Waals surface area (Å²) in [5, 5.41) is 28.1. The lowest BCUT2D eigenvalue weighted by Gasteiger charge is -2.31. The number of hydrogen-bond acceptors (Lipinski definition) is 28. The molecule has 0 spiro atoms. The molecule has 0 saturated carbocycles. The van der Waals surface area contributed by atoms with Crippen LogP contribution in [0.2, 0.25) is 0 Å². The number of aromatic nitrogens is 4. The number of aryl methyl sites for hydroxylation is 2. The fraction of sp³-hybridized carbons (Fsp3) is 0.690.